The average Bonchev–Trinajstić information content (AvgIpc) is 2.34. The molecule has 0 unspecified atom stereocenters. The van der Waals surface area contributed by atoms with Gasteiger partial charge in [0.25, 0.3) is 0 Å². The number of rotatable bonds is 14. The molecule has 0 fully saturated rings. The minimum absolute atomic E-state index is 0. The Balaban J connectivity index is -0.00000144. The summed E-state index contributed by atoms with van der Waals surface area (Å²) in [5, 5.41) is 8.49. The molecular formula is C16H36ClNO2. The van der Waals surface area contributed by atoms with Crippen LogP contribution in [0, 0.1) is 0 Å². The highest BCUT2D eigenvalue weighted by atomic mass is 35.5. The van der Waals surface area contributed by atoms with E-state index >= 15 is 0 Å². The summed E-state index contributed by atoms with van der Waals surface area (Å²) in [4.78, 5) is 10.3. The van der Waals surface area contributed by atoms with Crippen molar-refractivity contribution in [2.45, 2.75) is 96.8 Å². The van der Waals surface area contributed by atoms with Crippen molar-refractivity contribution >= 4 is 18.4 Å². The molecule has 0 rings (SSSR count). The van der Waals surface area contributed by atoms with Crippen LogP contribution in [0.25, 0.3) is 0 Å². The fraction of sp³-hybridized carbons (Fsp3) is 0.938. The van der Waals surface area contributed by atoms with Crippen LogP contribution in [-0.4, -0.2) is 11.1 Å². The standard InChI is InChI=1S/C16H32O2.ClH.H3N/c1-2-3-4-5-6-7-8-9-10-11-12-13-14-15-16(17)18;;/h2-15H2,1H3,(H,17,18);1H;1H3. The number of unbranched alkanes of at least 4 members (excludes halogenated alkanes) is 12. The van der Waals surface area contributed by atoms with Crippen LogP contribution >= 0.6 is 12.4 Å². The van der Waals surface area contributed by atoms with Gasteiger partial charge in [-0.05, 0) is 6.42 Å². The van der Waals surface area contributed by atoms with E-state index in [4.69, 9.17) is 5.11 Å². The summed E-state index contributed by atoms with van der Waals surface area (Å²) in [6.45, 7) is 2.26. The smallest absolute Gasteiger partial charge is 0.303 e. The van der Waals surface area contributed by atoms with E-state index in [-0.39, 0.29) is 18.6 Å². The number of carboxylic acids is 1. The molecule has 20 heavy (non-hydrogen) atoms. The van der Waals surface area contributed by atoms with Gasteiger partial charge in [-0.25, -0.2) is 0 Å². The lowest BCUT2D eigenvalue weighted by Crippen LogP contribution is -1.93. The van der Waals surface area contributed by atoms with Crippen LogP contribution < -0.4 is 6.15 Å². The van der Waals surface area contributed by atoms with E-state index in [1.54, 1.807) is 0 Å². The Morgan fingerprint density at radius 3 is 1.30 bits per heavy atom. The van der Waals surface area contributed by atoms with Gasteiger partial charge in [-0.15, -0.1) is 12.4 Å². The Hall–Kier alpha value is -0.280. The SMILES string of the molecule is CCCCCCCCCCCCCCCC(=O)O.Cl.N. The van der Waals surface area contributed by atoms with E-state index < -0.39 is 5.97 Å². The van der Waals surface area contributed by atoms with Gasteiger partial charge in [-0.3, -0.25) is 4.79 Å². The van der Waals surface area contributed by atoms with Crippen molar-refractivity contribution in [2.24, 2.45) is 0 Å². The Kier molecular flexibility index (Phi) is 26.0. The molecule has 0 aliphatic carbocycles. The summed E-state index contributed by atoms with van der Waals surface area (Å²) in [7, 11) is 0. The summed E-state index contributed by atoms with van der Waals surface area (Å²) in [6, 6.07) is 0. The molecule has 0 heterocycles. The van der Waals surface area contributed by atoms with Crippen molar-refractivity contribution < 1.29 is 9.90 Å². The van der Waals surface area contributed by atoms with Crippen molar-refractivity contribution in [2.75, 3.05) is 0 Å². The maximum atomic E-state index is 10.3. The molecule has 4 heteroatoms. The van der Waals surface area contributed by atoms with Gasteiger partial charge in [0.15, 0.2) is 0 Å². The molecule has 0 aromatic carbocycles. The molecule has 0 amide bonds. The van der Waals surface area contributed by atoms with Gasteiger partial charge in [-0.2, -0.15) is 0 Å². The topological polar surface area (TPSA) is 72.3 Å². The van der Waals surface area contributed by atoms with E-state index in [9.17, 15) is 4.79 Å². The minimum atomic E-state index is -0.655. The first kappa shape index (κ1) is 24.7. The maximum Gasteiger partial charge on any atom is 0.303 e. The number of hydrogen-bond acceptors (Lipinski definition) is 2. The molecular weight excluding hydrogens is 274 g/mol. The first-order chi connectivity index (χ1) is 8.77. The second-order valence-electron chi connectivity index (χ2n) is 5.39. The van der Waals surface area contributed by atoms with Crippen LogP contribution in [0.4, 0.5) is 0 Å². The quantitative estimate of drug-likeness (QED) is 0.379. The fourth-order valence-electron chi connectivity index (χ4n) is 2.29. The second kappa shape index (κ2) is 21.0. The zero-order chi connectivity index (χ0) is 13.5. The van der Waals surface area contributed by atoms with Gasteiger partial charge in [0, 0.05) is 6.42 Å². The average molecular weight is 310 g/mol. The lowest BCUT2D eigenvalue weighted by Gasteiger charge is -2.02. The Morgan fingerprint density at radius 2 is 1.00 bits per heavy atom. The number of aliphatic carboxylic acids is 1. The van der Waals surface area contributed by atoms with Crippen molar-refractivity contribution in [1.82, 2.24) is 6.15 Å². The van der Waals surface area contributed by atoms with Crippen LogP contribution in [0.2, 0.25) is 0 Å². The summed E-state index contributed by atoms with van der Waals surface area (Å²) < 4.78 is 0. The molecule has 0 bridgehead atoms. The normalized spacial score (nSPS) is 9.65. The van der Waals surface area contributed by atoms with Crippen molar-refractivity contribution in [1.29, 1.82) is 0 Å². The molecule has 0 aromatic heterocycles. The highest BCUT2D eigenvalue weighted by Crippen LogP contribution is 2.12. The Bertz CT molecular complexity index is 189. The first-order valence-corrected chi connectivity index (χ1v) is 7.99. The number of hydrogen-bond donors (Lipinski definition) is 2. The molecule has 0 aromatic rings. The maximum absolute atomic E-state index is 10.3. The molecule has 4 N–H and O–H groups in total. The van der Waals surface area contributed by atoms with Crippen LogP contribution in [-0.2, 0) is 4.79 Å². The highest BCUT2D eigenvalue weighted by Gasteiger charge is 1.96. The van der Waals surface area contributed by atoms with Crippen molar-refractivity contribution in [3.05, 3.63) is 0 Å². The van der Waals surface area contributed by atoms with Gasteiger partial charge in [-0.1, -0.05) is 84.0 Å². The highest BCUT2D eigenvalue weighted by molar-refractivity contribution is 5.85. The van der Waals surface area contributed by atoms with Gasteiger partial charge in [0.1, 0.15) is 0 Å². The van der Waals surface area contributed by atoms with Crippen LogP contribution in [0.1, 0.15) is 96.8 Å². The predicted octanol–water partition coefficient (Wildman–Crippen LogP) is 6.14. The van der Waals surface area contributed by atoms with E-state index in [1.165, 1.54) is 70.6 Å². The third-order valence-electron chi connectivity index (χ3n) is 3.49. The molecule has 3 nitrogen and oxygen atoms in total. The second-order valence-corrected chi connectivity index (χ2v) is 5.39. The minimum Gasteiger partial charge on any atom is -0.481 e. The van der Waals surface area contributed by atoms with Gasteiger partial charge in [0.05, 0.1) is 0 Å². The van der Waals surface area contributed by atoms with Crippen molar-refractivity contribution in [3.8, 4) is 0 Å². The molecule has 0 saturated heterocycles. The Labute approximate surface area is 131 Å². The van der Waals surface area contributed by atoms with E-state index in [0.717, 1.165) is 12.8 Å². The third kappa shape index (κ3) is 22.9. The van der Waals surface area contributed by atoms with Crippen LogP contribution in [0.15, 0.2) is 0 Å². The molecule has 0 aliphatic rings. The first-order valence-electron chi connectivity index (χ1n) is 7.99. The fourth-order valence-corrected chi connectivity index (χ4v) is 2.29. The third-order valence-corrected chi connectivity index (χ3v) is 3.49. The largest absolute Gasteiger partial charge is 0.481 e. The zero-order valence-corrected chi connectivity index (χ0v) is 14.2. The van der Waals surface area contributed by atoms with E-state index in [2.05, 4.69) is 6.92 Å². The number of halogens is 1. The van der Waals surface area contributed by atoms with Gasteiger partial charge < -0.3 is 11.3 Å². The molecule has 0 radical (unpaired) electrons. The van der Waals surface area contributed by atoms with Crippen LogP contribution in [0.3, 0.4) is 0 Å². The summed E-state index contributed by atoms with van der Waals surface area (Å²) in [5.41, 5.74) is 0. The number of carboxylic acid groups (broad SMARTS) is 1. The van der Waals surface area contributed by atoms with E-state index in [0.29, 0.717) is 6.42 Å². The molecule has 0 aliphatic heterocycles. The summed E-state index contributed by atoms with van der Waals surface area (Å²) in [5.74, 6) is -0.655. The Morgan fingerprint density at radius 1 is 0.700 bits per heavy atom. The lowest BCUT2D eigenvalue weighted by atomic mass is 10.0. The molecule has 0 saturated carbocycles. The summed E-state index contributed by atoms with van der Waals surface area (Å²) in [6.07, 6.45) is 17.3. The lowest BCUT2D eigenvalue weighted by molar-refractivity contribution is -0.137. The number of carbonyl (C=O) groups is 1. The molecule has 0 spiro atoms. The van der Waals surface area contributed by atoms with Crippen molar-refractivity contribution in [3.63, 3.8) is 0 Å². The predicted molar refractivity (Wildman–Crippen MR) is 90.2 cm³/mol. The zero-order valence-electron chi connectivity index (χ0n) is 13.4. The summed E-state index contributed by atoms with van der Waals surface area (Å²) >= 11 is 0. The molecule has 124 valence electrons. The van der Waals surface area contributed by atoms with Gasteiger partial charge >= 0.3 is 5.97 Å². The van der Waals surface area contributed by atoms with Crippen LogP contribution in [0.5, 0.6) is 0 Å². The van der Waals surface area contributed by atoms with Gasteiger partial charge in [0.2, 0.25) is 0 Å². The van der Waals surface area contributed by atoms with E-state index in [1.807, 2.05) is 0 Å². The molecule has 0 atom stereocenters. The monoisotopic (exact) mass is 309 g/mol.